The molecule has 0 radical (unpaired) electrons. The summed E-state index contributed by atoms with van der Waals surface area (Å²) < 4.78 is 13.8. The molecule has 1 aromatic carbocycles. The number of hydrazine groups is 1. The highest BCUT2D eigenvalue weighted by molar-refractivity contribution is 5.33. The molecule has 1 aromatic heterocycles. The molecular weight excluding hydrogens is 241 g/mol. The maximum absolute atomic E-state index is 13.8. The van der Waals surface area contributed by atoms with Crippen LogP contribution in [0.15, 0.2) is 42.7 Å². The normalized spacial score (nSPS) is 12.4. The van der Waals surface area contributed by atoms with Crippen LogP contribution in [0.3, 0.4) is 0 Å². The number of aryl methyl sites for hydroxylation is 1. The molecule has 2 rings (SSSR count). The Bertz CT molecular complexity index is 525. The second-order valence-electron chi connectivity index (χ2n) is 4.49. The van der Waals surface area contributed by atoms with Crippen LogP contribution in [0.4, 0.5) is 4.39 Å². The molecule has 0 fully saturated rings. The van der Waals surface area contributed by atoms with Crippen LogP contribution in [0, 0.1) is 5.82 Å². The quantitative estimate of drug-likeness (QED) is 0.641. The van der Waals surface area contributed by atoms with Crippen molar-refractivity contribution in [3.8, 4) is 0 Å². The number of halogens is 1. The minimum absolute atomic E-state index is 0.358. The SMILES string of the molecule is CCCc1ccc(C(NN)c2ccncc2F)cc1. The fourth-order valence-corrected chi connectivity index (χ4v) is 2.15. The average molecular weight is 259 g/mol. The Labute approximate surface area is 112 Å². The van der Waals surface area contributed by atoms with Crippen molar-refractivity contribution in [1.82, 2.24) is 10.4 Å². The average Bonchev–Trinajstić information content (AvgIpc) is 2.44. The van der Waals surface area contributed by atoms with E-state index in [9.17, 15) is 4.39 Å². The molecule has 4 heteroatoms. The number of pyridine rings is 1. The van der Waals surface area contributed by atoms with E-state index in [4.69, 9.17) is 5.84 Å². The molecular formula is C15H18FN3. The van der Waals surface area contributed by atoms with Crippen LogP contribution in [-0.4, -0.2) is 4.98 Å². The lowest BCUT2D eigenvalue weighted by Gasteiger charge is -2.17. The summed E-state index contributed by atoms with van der Waals surface area (Å²) >= 11 is 0. The second kappa shape index (κ2) is 6.41. The Balaban J connectivity index is 2.29. The fraction of sp³-hybridized carbons (Fsp3) is 0.267. The summed E-state index contributed by atoms with van der Waals surface area (Å²) in [5.41, 5.74) is 5.37. The Morgan fingerprint density at radius 1 is 1.26 bits per heavy atom. The molecule has 0 saturated heterocycles. The van der Waals surface area contributed by atoms with E-state index in [1.54, 1.807) is 12.3 Å². The molecule has 0 aliphatic heterocycles. The molecule has 0 aliphatic rings. The van der Waals surface area contributed by atoms with Gasteiger partial charge in [0, 0.05) is 11.8 Å². The fourth-order valence-electron chi connectivity index (χ4n) is 2.15. The van der Waals surface area contributed by atoms with Crippen LogP contribution in [0.25, 0.3) is 0 Å². The first-order valence-corrected chi connectivity index (χ1v) is 6.40. The van der Waals surface area contributed by atoms with Crippen molar-refractivity contribution in [2.24, 2.45) is 5.84 Å². The van der Waals surface area contributed by atoms with Gasteiger partial charge in [0.15, 0.2) is 0 Å². The smallest absolute Gasteiger partial charge is 0.146 e. The molecule has 0 spiro atoms. The third-order valence-corrected chi connectivity index (χ3v) is 3.13. The lowest BCUT2D eigenvalue weighted by Crippen LogP contribution is -2.29. The van der Waals surface area contributed by atoms with E-state index in [0.29, 0.717) is 5.56 Å². The largest absolute Gasteiger partial charge is 0.271 e. The van der Waals surface area contributed by atoms with Gasteiger partial charge >= 0.3 is 0 Å². The van der Waals surface area contributed by atoms with Gasteiger partial charge < -0.3 is 0 Å². The van der Waals surface area contributed by atoms with E-state index in [-0.39, 0.29) is 11.9 Å². The van der Waals surface area contributed by atoms with Gasteiger partial charge in [-0.1, -0.05) is 37.6 Å². The molecule has 3 N–H and O–H groups in total. The lowest BCUT2D eigenvalue weighted by molar-refractivity contribution is 0.555. The molecule has 19 heavy (non-hydrogen) atoms. The molecule has 1 atom stereocenters. The third kappa shape index (κ3) is 3.16. The van der Waals surface area contributed by atoms with Crippen molar-refractivity contribution in [2.75, 3.05) is 0 Å². The predicted molar refractivity (Wildman–Crippen MR) is 73.8 cm³/mol. The summed E-state index contributed by atoms with van der Waals surface area (Å²) in [5, 5.41) is 0. The summed E-state index contributed by atoms with van der Waals surface area (Å²) in [4.78, 5) is 3.75. The molecule has 1 unspecified atom stereocenters. The van der Waals surface area contributed by atoms with Crippen molar-refractivity contribution in [1.29, 1.82) is 0 Å². The summed E-state index contributed by atoms with van der Waals surface area (Å²) in [6, 6.07) is 9.36. The number of benzene rings is 1. The first kappa shape index (κ1) is 13.6. The van der Waals surface area contributed by atoms with Crippen molar-refractivity contribution in [3.05, 3.63) is 65.2 Å². The summed E-state index contributed by atoms with van der Waals surface area (Å²) in [7, 11) is 0. The number of rotatable bonds is 5. The van der Waals surface area contributed by atoms with Crippen LogP contribution in [-0.2, 0) is 6.42 Å². The van der Waals surface area contributed by atoms with Crippen LogP contribution >= 0.6 is 0 Å². The molecule has 2 aromatic rings. The molecule has 0 bridgehead atoms. The first-order chi connectivity index (χ1) is 9.26. The maximum Gasteiger partial charge on any atom is 0.146 e. The van der Waals surface area contributed by atoms with E-state index in [2.05, 4.69) is 29.5 Å². The van der Waals surface area contributed by atoms with Gasteiger partial charge in [-0.25, -0.2) is 9.82 Å². The Hall–Kier alpha value is -1.78. The maximum atomic E-state index is 13.8. The van der Waals surface area contributed by atoms with E-state index in [0.717, 1.165) is 18.4 Å². The number of nitrogens with one attached hydrogen (secondary N) is 1. The topological polar surface area (TPSA) is 50.9 Å². The Morgan fingerprint density at radius 2 is 2.00 bits per heavy atom. The molecule has 3 nitrogen and oxygen atoms in total. The third-order valence-electron chi connectivity index (χ3n) is 3.13. The minimum Gasteiger partial charge on any atom is -0.271 e. The number of nitrogens with zero attached hydrogens (tertiary/aromatic N) is 1. The van der Waals surface area contributed by atoms with E-state index < -0.39 is 0 Å². The van der Waals surface area contributed by atoms with E-state index in [1.807, 2.05) is 12.1 Å². The van der Waals surface area contributed by atoms with Gasteiger partial charge in [0.05, 0.1) is 12.2 Å². The summed E-state index contributed by atoms with van der Waals surface area (Å²) in [6.45, 7) is 2.14. The van der Waals surface area contributed by atoms with Gasteiger partial charge in [-0.2, -0.15) is 0 Å². The van der Waals surface area contributed by atoms with Crippen LogP contribution in [0.5, 0.6) is 0 Å². The Morgan fingerprint density at radius 3 is 2.58 bits per heavy atom. The van der Waals surface area contributed by atoms with Crippen molar-refractivity contribution in [3.63, 3.8) is 0 Å². The molecule has 0 amide bonds. The predicted octanol–water partition coefficient (Wildman–Crippen LogP) is 2.73. The zero-order valence-electron chi connectivity index (χ0n) is 10.9. The van der Waals surface area contributed by atoms with Gasteiger partial charge in [0.2, 0.25) is 0 Å². The van der Waals surface area contributed by atoms with Crippen molar-refractivity contribution in [2.45, 2.75) is 25.8 Å². The zero-order valence-corrected chi connectivity index (χ0v) is 10.9. The number of aromatic nitrogens is 1. The number of nitrogens with two attached hydrogens (primary N) is 1. The molecule has 0 aliphatic carbocycles. The van der Waals surface area contributed by atoms with Gasteiger partial charge in [0.25, 0.3) is 0 Å². The standard InChI is InChI=1S/C15H18FN3/c1-2-3-11-4-6-12(7-5-11)15(19-17)13-8-9-18-10-14(13)16/h4-10,15,19H,2-3,17H2,1H3. The minimum atomic E-state index is -0.362. The summed E-state index contributed by atoms with van der Waals surface area (Å²) in [5.74, 6) is 5.21. The highest BCUT2D eigenvalue weighted by atomic mass is 19.1. The van der Waals surface area contributed by atoms with Gasteiger partial charge in [-0.15, -0.1) is 0 Å². The van der Waals surface area contributed by atoms with Gasteiger partial charge in [-0.05, 0) is 23.6 Å². The first-order valence-electron chi connectivity index (χ1n) is 6.40. The lowest BCUT2D eigenvalue weighted by atomic mass is 9.98. The van der Waals surface area contributed by atoms with Crippen LogP contribution in [0.1, 0.15) is 36.1 Å². The van der Waals surface area contributed by atoms with Crippen molar-refractivity contribution < 1.29 is 4.39 Å². The monoisotopic (exact) mass is 259 g/mol. The van der Waals surface area contributed by atoms with Gasteiger partial charge in [0.1, 0.15) is 5.82 Å². The number of hydrogen-bond acceptors (Lipinski definition) is 3. The van der Waals surface area contributed by atoms with E-state index >= 15 is 0 Å². The highest BCUT2D eigenvalue weighted by Crippen LogP contribution is 2.23. The zero-order chi connectivity index (χ0) is 13.7. The number of hydrogen-bond donors (Lipinski definition) is 2. The van der Waals surface area contributed by atoms with Crippen LogP contribution < -0.4 is 11.3 Å². The Kier molecular flexibility index (Phi) is 4.60. The molecule has 100 valence electrons. The molecule has 0 saturated carbocycles. The highest BCUT2D eigenvalue weighted by Gasteiger charge is 2.16. The van der Waals surface area contributed by atoms with Crippen molar-refractivity contribution >= 4 is 0 Å². The summed E-state index contributed by atoms with van der Waals surface area (Å²) in [6.07, 6.45) is 4.92. The van der Waals surface area contributed by atoms with E-state index in [1.165, 1.54) is 11.8 Å². The van der Waals surface area contributed by atoms with Crippen LogP contribution in [0.2, 0.25) is 0 Å². The molecule has 1 heterocycles. The van der Waals surface area contributed by atoms with Gasteiger partial charge in [-0.3, -0.25) is 10.8 Å². The second-order valence-corrected chi connectivity index (χ2v) is 4.49.